The molecule has 1 aromatic carbocycles. The standard InChI is InChI=1S/C18H24O5/c1-6-11-22-15-10-8-7-9-13(15)14(17(20)21-5)12-16(19)23-18(2,3)4/h6-10,14H,1,11-12H2,2-5H3. The van der Waals surface area contributed by atoms with E-state index in [2.05, 4.69) is 6.58 Å². The second-order valence-electron chi connectivity index (χ2n) is 6.00. The summed E-state index contributed by atoms with van der Waals surface area (Å²) < 4.78 is 15.7. The third-order valence-corrected chi connectivity index (χ3v) is 2.93. The summed E-state index contributed by atoms with van der Waals surface area (Å²) in [4.78, 5) is 24.2. The average Bonchev–Trinajstić information content (AvgIpc) is 2.48. The Morgan fingerprint density at radius 2 is 1.91 bits per heavy atom. The number of methoxy groups -OCH3 is 1. The lowest BCUT2D eigenvalue weighted by atomic mass is 9.94. The monoisotopic (exact) mass is 320 g/mol. The largest absolute Gasteiger partial charge is 0.489 e. The molecule has 1 atom stereocenters. The molecule has 0 fully saturated rings. The molecular formula is C18H24O5. The zero-order valence-corrected chi connectivity index (χ0v) is 14.1. The van der Waals surface area contributed by atoms with Crippen LogP contribution in [0.3, 0.4) is 0 Å². The molecule has 0 aromatic heterocycles. The highest BCUT2D eigenvalue weighted by Gasteiger charge is 2.29. The van der Waals surface area contributed by atoms with Crippen LogP contribution in [0.5, 0.6) is 5.75 Å². The maximum absolute atomic E-state index is 12.1. The van der Waals surface area contributed by atoms with Gasteiger partial charge in [0.1, 0.15) is 18.0 Å². The van der Waals surface area contributed by atoms with E-state index < -0.39 is 23.5 Å². The first-order valence-corrected chi connectivity index (χ1v) is 7.40. The van der Waals surface area contributed by atoms with E-state index >= 15 is 0 Å². The Bertz CT molecular complexity index is 557. The summed E-state index contributed by atoms with van der Waals surface area (Å²) in [6.07, 6.45) is 1.50. The van der Waals surface area contributed by atoms with Gasteiger partial charge in [-0.05, 0) is 26.8 Å². The summed E-state index contributed by atoms with van der Waals surface area (Å²) in [7, 11) is 1.29. The lowest BCUT2D eigenvalue weighted by molar-refractivity contribution is -0.158. The molecule has 0 aliphatic heterocycles. The first-order valence-electron chi connectivity index (χ1n) is 7.40. The van der Waals surface area contributed by atoms with E-state index in [1.807, 2.05) is 0 Å². The maximum atomic E-state index is 12.1. The minimum absolute atomic E-state index is 0.113. The van der Waals surface area contributed by atoms with Crippen molar-refractivity contribution in [3.63, 3.8) is 0 Å². The van der Waals surface area contributed by atoms with Crippen molar-refractivity contribution in [2.45, 2.75) is 38.7 Å². The summed E-state index contributed by atoms with van der Waals surface area (Å²) >= 11 is 0. The number of esters is 2. The summed E-state index contributed by atoms with van der Waals surface area (Å²) in [5.41, 5.74) is -0.0246. The normalized spacial score (nSPS) is 12.2. The van der Waals surface area contributed by atoms with Crippen LogP contribution in [0.25, 0.3) is 0 Å². The van der Waals surface area contributed by atoms with E-state index in [1.54, 1.807) is 51.1 Å². The van der Waals surface area contributed by atoms with E-state index in [4.69, 9.17) is 14.2 Å². The fraction of sp³-hybridized carbons (Fsp3) is 0.444. The van der Waals surface area contributed by atoms with E-state index in [0.29, 0.717) is 17.9 Å². The van der Waals surface area contributed by atoms with Crippen LogP contribution >= 0.6 is 0 Å². The minimum Gasteiger partial charge on any atom is -0.489 e. The summed E-state index contributed by atoms with van der Waals surface area (Å²) in [6.45, 7) is 9.23. The number of rotatable bonds is 7. The molecule has 126 valence electrons. The number of hydrogen-bond acceptors (Lipinski definition) is 5. The van der Waals surface area contributed by atoms with Gasteiger partial charge >= 0.3 is 11.9 Å². The van der Waals surface area contributed by atoms with Gasteiger partial charge in [0.25, 0.3) is 0 Å². The van der Waals surface area contributed by atoms with Crippen molar-refractivity contribution in [3.05, 3.63) is 42.5 Å². The third-order valence-electron chi connectivity index (χ3n) is 2.93. The number of benzene rings is 1. The molecule has 0 heterocycles. The van der Waals surface area contributed by atoms with Gasteiger partial charge < -0.3 is 14.2 Å². The predicted molar refractivity (Wildman–Crippen MR) is 87.4 cm³/mol. The van der Waals surface area contributed by atoms with Crippen LogP contribution in [0.4, 0.5) is 0 Å². The van der Waals surface area contributed by atoms with E-state index in [9.17, 15) is 9.59 Å². The highest BCUT2D eigenvalue weighted by atomic mass is 16.6. The van der Waals surface area contributed by atoms with E-state index in [1.165, 1.54) is 7.11 Å². The number of para-hydroxylation sites is 1. The summed E-state index contributed by atoms with van der Waals surface area (Å²) in [6, 6.07) is 7.05. The predicted octanol–water partition coefficient (Wildman–Crippen LogP) is 3.24. The van der Waals surface area contributed by atoms with Crippen molar-refractivity contribution in [2.75, 3.05) is 13.7 Å². The van der Waals surface area contributed by atoms with Gasteiger partial charge in [-0.25, -0.2) is 0 Å². The lowest BCUT2D eigenvalue weighted by Crippen LogP contribution is -2.27. The fourth-order valence-corrected chi connectivity index (χ4v) is 2.06. The highest BCUT2D eigenvalue weighted by Crippen LogP contribution is 2.31. The molecule has 0 saturated heterocycles. The first kappa shape index (κ1) is 18.7. The first-order chi connectivity index (χ1) is 10.8. The molecule has 1 rings (SSSR count). The summed E-state index contributed by atoms with van der Waals surface area (Å²) in [5, 5.41) is 0. The Kier molecular flexibility index (Phi) is 6.82. The van der Waals surface area contributed by atoms with Gasteiger partial charge in [0.15, 0.2) is 0 Å². The van der Waals surface area contributed by atoms with Gasteiger partial charge in [0.05, 0.1) is 19.4 Å². The molecule has 5 nitrogen and oxygen atoms in total. The molecule has 0 spiro atoms. The lowest BCUT2D eigenvalue weighted by Gasteiger charge is -2.22. The topological polar surface area (TPSA) is 61.8 Å². The number of carbonyl (C=O) groups is 2. The van der Waals surface area contributed by atoms with Crippen molar-refractivity contribution in [1.82, 2.24) is 0 Å². The Labute approximate surface area is 137 Å². The van der Waals surface area contributed by atoms with Crippen molar-refractivity contribution in [1.29, 1.82) is 0 Å². The maximum Gasteiger partial charge on any atom is 0.313 e. The van der Waals surface area contributed by atoms with Gasteiger partial charge in [-0.3, -0.25) is 9.59 Å². The molecule has 0 aliphatic rings. The van der Waals surface area contributed by atoms with Crippen LogP contribution in [0.2, 0.25) is 0 Å². The molecule has 0 saturated carbocycles. The Balaban J connectivity index is 3.05. The third kappa shape index (κ3) is 6.14. The van der Waals surface area contributed by atoms with Gasteiger partial charge in [0.2, 0.25) is 0 Å². The minimum atomic E-state index is -0.782. The Hall–Kier alpha value is -2.30. The second kappa shape index (κ2) is 8.36. The molecular weight excluding hydrogens is 296 g/mol. The molecule has 5 heteroatoms. The highest BCUT2D eigenvalue weighted by molar-refractivity contribution is 5.85. The van der Waals surface area contributed by atoms with Gasteiger partial charge in [-0.2, -0.15) is 0 Å². The molecule has 0 N–H and O–H groups in total. The molecule has 23 heavy (non-hydrogen) atoms. The molecule has 0 bridgehead atoms. The van der Waals surface area contributed by atoms with Gasteiger partial charge in [-0.1, -0.05) is 30.9 Å². The van der Waals surface area contributed by atoms with Crippen LogP contribution in [0, 0.1) is 0 Å². The molecule has 0 amide bonds. The number of carbonyl (C=O) groups excluding carboxylic acids is 2. The zero-order valence-electron chi connectivity index (χ0n) is 14.1. The smallest absolute Gasteiger partial charge is 0.313 e. The molecule has 0 radical (unpaired) electrons. The van der Waals surface area contributed by atoms with Crippen LogP contribution in [0.1, 0.15) is 38.7 Å². The number of hydrogen-bond donors (Lipinski definition) is 0. The van der Waals surface area contributed by atoms with Gasteiger partial charge in [0, 0.05) is 5.56 Å². The number of ether oxygens (including phenoxy) is 3. The van der Waals surface area contributed by atoms with E-state index in [0.717, 1.165) is 0 Å². The van der Waals surface area contributed by atoms with Crippen LogP contribution in [0.15, 0.2) is 36.9 Å². The van der Waals surface area contributed by atoms with E-state index in [-0.39, 0.29) is 6.42 Å². The van der Waals surface area contributed by atoms with Crippen molar-refractivity contribution in [3.8, 4) is 5.75 Å². The van der Waals surface area contributed by atoms with Crippen LogP contribution in [-0.2, 0) is 19.1 Å². The van der Waals surface area contributed by atoms with Crippen molar-refractivity contribution >= 4 is 11.9 Å². The Morgan fingerprint density at radius 3 is 2.48 bits per heavy atom. The average molecular weight is 320 g/mol. The van der Waals surface area contributed by atoms with Crippen molar-refractivity contribution in [2.24, 2.45) is 0 Å². The fourth-order valence-electron chi connectivity index (χ4n) is 2.06. The summed E-state index contributed by atoms with van der Waals surface area (Å²) in [5.74, 6) is -1.24. The van der Waals surface area contributed by atoms with Crippen LogP contribution < -0.4 is 4.74 Å². The molecule has 1 aromatic rings. The Morgan fingerprint density at radius 1 is 1.26 bits per heavy atom. The van der Waals surface area contributed by atoms with Crippen LogP contribution in [-0.4, -0.2) is 31.3 Å². The molecule has 1 unspecified atom stereocenters. The second-order valence-corrected chi connectivity index (χ2v) is 6.00. The SMILES string of the molecule is C=CCOc1ccccc1C(CC(=O)OC(C)(C)C)C(=O)OC. The van der Waals surface area contributed by atoms with Crippen molar-refractivity contribution < 1.29 is 23.8 Å². The van der Waals surface area contributed by atoms with Gasteiger partial charge in [-0.15, -0.1) is 0 Å². The quantitative estimate of drug-likeness (QED) is 0.570. The molecule has 0 aliphatic carbocycles. The zero-order chi connectivity index (χ0) is 17.5.